The molecule has 0 aromatic carbocycles. The molecular formula is C16H24N6O. The van der Waals surface area contributed by atoms with E-state index in [2.05, 4.69) is 43.8 Å². The van der Waals surface area contributed by atoms with Crippen molar-refractivity contribution in [2.45, 2.75) is 44.9 Å². The van der Waals surface area contributed by atoms with Gasteiger partial charge in [-0.1, -0.05) is 0 Å². The molecule has 1 N–H and O–H groups in total. The van der Waals surface area contributed by atoms with E-state index >= 15 is 0 Å². The molecule has 4 heterocycles. The molecule has 4 rings (SSSR count). The summed E-state index contributed by atoms with van der Waals surface area (Å²) in [7, 11) is 0. The van der Waals surface area contributed by atoms with E-state index in [1.165, 1.54) is 0 Å². The Morgan fingerprint density at radius 3 is 2.61 bits per heavy atom. The Balaban J connectivity index is 1.70. The van der Waals surface area contributed by atoms with Gasteiger partial charge >= 0.3 is 0 Å². The van der Waals surface area contributed by atoms with Gasteiger partial charge < -0.3 is 15.0 Å². The second kappa shape index (κ2) is 6.05. The highest BCUT2D eigenvalue weighted by Crippen LogP contribution is 2.28. The van der Waals surface area contributed by atoms with Crippen LogP contribution in [0.5, 0.6) is 0 Å². The van der Waals surface area contributed by atoms with Crippen molar-refractivity contribution in [3.63, 3.8) is 0 Å². The third kappa shape index (κ3) is 2.79. The molecule has 0 aliphatic carbocycles. The number of nitrogens with one attached hydrogen (secondary N) is 1. The number of nitrogens with zero attached hydrogens (tertiary/aromatic N) is 5. The largest absolute Gasteiger partial charge is 0.372 e. The molecular weight excluding hydrogens is 292 g/mol. The molecule has 2 saturated heterocycles. The maximum absolute atomic E-state index is 5.84. The van der Waals surface area contributed by atoms with Crippen LogP contribution in [-0.4, -0.2) is 58.1 Å². The summed E-state index contributed by atoms with van der Waals surface area (Å²) in [6.07, 6.45) is 6.22. The van der Waals surface area contributed by atoms with Crippen LogP contribution in [0.3, 0.4) is 0 Å². The molecule has 2 atom stereocenters. The van der Waals surface area contributed by atoms with Gasteiger partial charge in [-0.2, -0.15) is 5.10 Å². The highest BCUT2D eigenvalue weighted by atomic mass is 16.5. The van der Waals surface area contributed by atoms with Crippen molar-refractivity contribution in [2.24, 2.45) is 0 Å². The van der Waals surface area contributed by atoms with Crippen LogP contribution in [0.25, 0.3) is 11.0 Å². The first-order chi connectivity index (χ1) is 11.2. The second-order valence-corrected chi connectivity index (χ2v) is 6.67. The van der Waals surface area contributed by atoms with Gasteiger partial charge in [0.2, 0.25) is 0 Å². The van der Waals surface area contributed by atoms with Gasteiger partial charge in [-0.3, -0.25) is 0 Å². The summed E-state index contributed by atoms with van der Waals surface area (Å²) in [5.74, 6) is 0.984. The molecule has 2 fully saturated rings. The van der Waals surface area contributed by atoms with Gasteiger partial charge in [-0.15, -0.1) is 0 Å². The zero-order valence-corrected chi connectivity index (χ0v) is 13.8. The Bertz CT molecular complexity index is 670. The first-order valence-electron chi connectivity index (χ1n) is 8.51. The Morgan fingerprint density at radius 2 is 1.87 bits per heavy atom. The number of anilines is 1. The van der Waals surface area contributed by atoms with Gasteiger partial charge in [0.05, 0.1) is 29.8 Å². The van der Waals surface area contributed by atoms with Crippen molar-refractivity contribution < 1.29 is 4.74 Å². The van der Waals surface area contributed by atoms with Crippen molar-refractivity contribution in [3.8, 4) is 0 Å². The van der Waals surface area contributed by atoms with E-state index in [1.807, 2.05) is 6.20 Å². The minimum absolute atomic E-state index is 0.211. The van der Waals surface area contributed by atoms with Gasteiger partial charge in [-0.05, 0) is 39.8 Å². The first kappa shape index (κ1) is 14.8. The van der Waals surface area contributed by atoms with E-state index in [4.69, 9.17) is 4.74 Å². The summed E-state index contributed by atoms with van der Waals surface area (Å²) in [6.45, 7) is 8.02. The van der Waals surface area contributed by atoms with E-state index in [0.29, 0.717) is 6.04 Å². The summed E-state index contributed by atoms with van der Waals surface area (Å²) in [5, 5.41) is 9.09. The average molecular weight is 316 g/mol. The van der Waals surface area contributed by atoms with Gasteiger partial charge in [0.25, 0.3) is 0 Å². The van der Waals surface area contributed by atoms with Crippen molar-refractivity contribution in [3.05, 3.63) is 12.5 Å². The molecule has 0 spiro atoms. The van der Waals surface area contributed by atoms with Crippen LogP contribution in [0.4, 0.5) is 5.82 Å². The van der Waals surface area contributed by atoms with Crippen LogP contribution in [-0.2, 0) is 4.74 Å². The number of fused-ring (bicyclic) bond motifs is 1. The monoisotopic (exact) mass is 316 g/mol. The fourth-order valence-electron chi connectivity index (χ4n) is 3.77. The minimum atomic E-state index is 0.211. The van der Waals surface area contributed by atoms with Crippen LogP contribution in [0.2, 0.25) is 0 Å². The summed E-state index contributed by atoms with van der Waals surface area (Å²) >= 11 is 0. The minimum Gasteiger partial charge on any atom is -0.372 e. The SMILES string of the molecule is C[C@@H]1CN(c2ncnc3c2cnn3C2CCNCC2)C[C@@H](C)O1. The van der Waals surface area contributed by atoms with Crippen LogP contribution < -0.4 is 10.2 Å². The Hall–Kier alpha value is -1.73. The molecule has 23 heavy (non-hydrogen) atoms. The standard InChI is InChI=1S/C16H24N6O/c1-11-8-21(9-12(2)23-11)15-14-7-20-22(16(14)19-10-18-15)13-3-5-17-6-4-13/h7,10-13,17H,3-6,8-9H2,1-2H3/t11-,12-/m1/s1. The van der Waals surface area contributed by atoms with E-state index < -0.39 is 0 Å². The Kier molecular flexibility index (Phi) is 3.90. The predicted octanol–water partition coefficient (Wildman–Crippen LogP) is 1.36. The maximum Gasteiger partial charge on any atom is 0.163 e. The fraction of sp³-hybridized carbons (Fsp3) is 0.688. The second-order valence-electron chi connectivity index (χ2n) is 6.67. The average Bonchev–Trinajstić information content (AvgIpc) is 2.98. The summed E-state index contributed by atoms with van der Waals surface area (Å²) < 4.78 is 7.93. The third-order valence-corrected chi connectivity index (χ3v) is 4.74. The number of piperidine rings is 1. The smallest absolute Gasteiger partial charge is 0.163 e. The molecule has 0 amide bonds. The molecule has 7 heteroatoms. The lowest BCUT2D eigenvalue weighted by Gasteiger charge is -2.36. The van der Waals surface area contributed by atoms with Gasteiger partial charge in [0.15, 0.2) is 5.65 Å². The lowest BCUT2D eigenvalue weighted by molar-refractivity contribution is -0.00537. The lowest BCUT2D eigenvalue weighted by atomic mass is 10.1. The van der Waals surface area contributed by atoms with E-state index in [1.54, 1.807) is 6.33 Å². The van der Waals surface area contributed by atoms with Crippen molar-refractivity contribution in [2.75, 3.05) is 31.1 Å². The predicted molar refractivity (Wildman–Crippen MR) is 88.7 cm³/mol. The zero-order valence-electron chi connectivity index (χ0n) is 13.8. The summed E-state index contributed by atoms with van der Waals surface area (Å²) in [6, 6.07) is 0.430. The van der Waals surface area contributed by atoms with Crippen molar-refractivity contribution in [1.82, 2.24) is 25.1 Å². The molecule has 0 unspecified atom stereocenters. The zero-order chi connectivity index (χ0) is 15.8. The van der Waals surface area contributed by atoms with Crippen LogP contribution in [0, 0.1) is 0 Å². The van der Waals surface area contributed by atoms with E-state index in [-0.39, 0.29) is 12.2 Å². The Morgan fingerprint density at radius 1 is 1.13 bits per heavy atom. The maximum atomic E-state index is 5.84. The van der Waals surface area contributed by atoms with Gasteiger partial charge in [-0.25, -0.2) is 14.6 Å². The van der Waals surface area contributed by atoms with Crippen molar-refractivity contribution >= 4 is 16.9 Å². The number of hydrogen-bond acceptors (Lipinski definition) is 6. The Labute approximate surface area is 136 Å². The molecule has 2 aliphatic rings. The van der Waals surface area contributed by atoms with Crippen LogP contribution in [0.1, 0.15) is 32.7 Å². The van der Waals surface area contributed by atoms with Gasteiger partial charge in [0, 0.05) is 13.1 Å². The van der Waals surface area contributed by atoms with Crippen LogP contribution >= 0.6 is 0 Å². The number of hydrogen-bond donors (Lipinski definition) is 1. The molecule has 2 aliphatic heterocycles. The molecule has 0 saturated carbocycles. The van der Waals surface area contributed by atoms with E-state index in [9.17, 15) is 0 Å². The molecule has 0 radical (unpaired) electrons. The number of morpholine rings is 1. The highest BCUT2D eigenvalue weighted by Gasteiger charge is 2.26. The third-order valence-electron chi connectivity index (χ3n) is 4.74. The van der Waals surface area contributed by atoms with E-state index in [0.717, 1.165) is 55.9 Å². The molecule has 2 aromatic rings. The first-order valence-corrected chi connectivity index (χ1v) is 8.51. The topological polar surface area (TPSA) is 68.1 Å². The van der Waals surface area contributed by atoms with Gasteiger partial charge in [0.1, 0.15) is 12.1 Å². The van der Waals surface area contributed by atoms with Crippen molar-refractivity contribution in [1.29, 1.82) is 0 Å². The molecule has 0 bridgehead atoms. The fourth-order valence-corrected chi connectivity index (χ4v) is 3.77. The quantitative estimate of drug-likeness (QED) is 0.902. The summed E-state index contributed by atoms with van der Waals surface area (Å²) in [4.78, 5) is 11.4. The number of rotatable bonds is 2. The molecule has 7 nitrogen and oxygen atoms in total. The number of aromatic nitrogens is 4. The molecule has 2 aromatic heterocycles. The summed E-state index contributed by atoms with van der Waals surface area (Å²) in [5.41, 5.74) is 0.952. The normalized spacial score (nSPS) is 26.8. The number of ether oxygens (including phenoxy) is 1. The lowest BCUT2D eigenvalue weighted by Crippen LogP contribution is -2.45. The van der Waals surface area contributed by atoms with Crippen LogP contribution in [0.15, 0.2) is 12.5 Å². The highest BCUT2D eigenvalue weighted by molar-refractivity contribution is 5.86. The molecule has 124 valence electrons.